The van der Waals surface area contributed by atoms with Crippen LogP contribution in [0, 0.1) is 11.8 Å². The zero-order valence-electron chi connectivity index (χ0n) is 18.2. The molecule has 2 unspecified atom stereocenters. The van der Waals surface area contributed by atoms with Crippen LogP contribution in [0.5, 0.6) is 0 Å². The number of fused-ring (bicyclic) bond motifs is 1. The fourth-order valence-electron chi connectivity index (χ4n) is 5.82. The number of amides is 2. The molecule has 0 aliphatic carbocycles. The smallest absolute Gasteiger partial charge is 0.310 e. The Morgan fingerprint density at radius 3 is 2.69 bits per heavy atom. The molecule has 3 aliphatic rings. The van der Waals surface area contributed by atoms with Gasteiger partial charge in [-0.15, -0.1) is 6.58 Å². The van der Waals surface area contributed by atoms with Gasteiger partial charge in [0.25, 0.3) is 0 Å². The summed E-state index contributed by atoms with van der Waals surface area (Å²) in [4.78, 5) is 42.7. The quantitative estimate of drug-likeness (QED) is 0.561. The number of hydrogen-bond acceptors (Lipinski definition) is 5. The minimum atomic E-state index is -1.18. The van der Waals surface area contributed by atoms with Crippen LogP contribution in [0.25, 0.3) is 0 Å². The Morgan fingerprint density at radius 2 is 2.09 bits per heavy atom. The number of hydrogen-bond donors (Lipinski definition) is 2. The molecule has 3 fully saturated rings. The summed E-state index contributed by atoms with van der Waals surface area (Å²) in [6.45, 7) is 5.90. The third-order valence-electron chi connectivity index (χ3n) is 7.21. The van der Waals surface area contributed by atoms with Crippen molar-refractivity contribution in [2.45, 2.75) is 56.5 Å². The monoisotopic (exact) mass is 442 g/mol. The van der Waals surface area contributed by atoms with Crippen molar-refractivity contribution in [2.24, 2.45) is 11.8 Å². The van der Waals surface area contributed by atoms with Crippen LogP contribution in [0.4, 0.5) is 0 Å². The van der Waals surface area contributed by atoms with Gasteiger partial charge in [-0.1, -0.05) is 43.3 Å². The van der Waals surface area contributed by atoms with Gasteiger partial charge in [-0.2, -0.15) is 0 Å². The number of carboxylic acid groups (broad SMARTS) is 1. The average molecular weight is 443 g/mol. The molecule has 1 aromatic carbocycles. The number of carboxylic acids is 1. The maximum absolute atomic E-state index is 14.0. The van der Waals surface area contributed by atoms with Crippen LogP contribution in [0.1, 0.15) is 31.7 Å². The van der Waals surface area contributed by atoms with E-state index >= 15 is 0 Å². The summed E-state index contributed by atoms with van der Waals surface area (Å²) in [6.07, 6.45) is 2.44. The van der Waals surface area contributed by atoms with Crippen molar-refractivity contribution in [3.63, 3.8) is 0 Å². The molecule has 3 heterocycles. The van der Waals surface area contributed by atoms with Gasteiger partial charge >= 0.3 is 5.97 Å². The molecular weight excluding hydrogens is 412 g/mol. The first kappa shape index (κ1) is 22.5. The van der Waals surface area contributed by atoms with E-state index in [0.29, 0.717) is 25.8 Å². The van der Waals surface area contributed by atoms with Crippen molar-refractivity contribution >= 4 is 17.8 Å². The molecule has 4 rings (SSSR count). The SMILES string of the molecule is C=CCN(Cc1ccccc1)C(=O)C1N([C@@H](CC)CO)C(=O)[C@@H]2[C@H](C(=O)O)[C@@H]3CCC12O3. The van der Waals surface area contributed by atoms with Gasteiger partial charge < -0.3 is 24.7 Å². The number of ether oxygens (including phenoxy) is 1. The molecule has 2 amide bonds. The summed E-state index contributed by atoms with van der Waals surface area (Å²) in [5.41, 5.74) is -0.248. The average Bonchev–Trinajstić information content (AvgIpc) is 3.43. The second-order valence-corrected chi connectivity index (χ2v) is 8.88. The van der Waals surface area contributed by atoms with Crippen LogP contribution in [-0.4, -0.2) is 74.7 Å². The summed E-state index contributed by atoms with van der Waals surface area (Å²) < 4.78 is 6.21. The molecule has 8 nitrogen and oxygen atoms in total. The number of benzene rings is 1. The highest BCUT2D eigenvalue weighted by atomic mass is 16.5. The summed E-state index contributed by atoms with van der Waals surface area (Å²) in [6, 6.07) is 7.96. The molecule has 2 N–H and O–H groups in total. The van der Waals surface area contributed by atoms with Crippen LogP contribution in [0.2, 0.25) is 0 Å². The Kier molecular flexibility index (Phi) is 6.09. The van der Waals surface area contributed by atoms with Gasteiger partial charge in [0.15, 0.2) is 0 Å². The maximum Gasteiger partial charge on any atom is 0.310 e. The summed E-state index contributed by atoms with van der Waals surface area (Å²) in [5.74, 6) is -3.68. The third kappa shape index (κ3) is 3.33. The highest BCUT2D eigenvalue weighted by Gasteiger charge is 2.75. The summed E-state index contributed by atoms with van der Waals surface area (Å²) in [5, 5.41) is 19.8. The lowest BCUT2D eigenvalue weighted by Gasteiger charge is -2.39. The van der Waals surface area contributed by atoms with Gasteiger partial charge in [-0.05, 0) is 24.8 Å². The Labute approximate surface area is 187 Å². The highest BCUT2D eigenvalue weighted by Crippen LogP contribution is 2.59. The highest BCUT2D eigenvalue weighted by molar-refractivity contribution is 5.98. The molecule has 6 atom stereocenters. The van der Waals surface area contributed by atoms with Crippen molar-refractivity contribution in [2.75, 3.05) is 13.2 Å². The van der Waals surface area contributed by atoms with E-state index < -0.39 is 47.5 Å². The van der Waals surface area contributed by atoms with E-state index in [0.717, 1.165) is 5.56 Å². The Bertz CT molecular complexity index is 901. The van der Waals surface area contributed by atoms with Crippen LogP contribution in [-0.2, 0) is 25.7 Å². The van der Waals surface area contributed by atoms with E-state index in [1.807, 2.05) is 37.3 Å². The molecule has 1 aromatic rings. The van der Waals surface area contributed by atoms with Crippen LogP contribution in [0.15, 0.2) is 43.0 Å². The van der Waals surface area contributed by atoms with Crippen LogP contribution < -0.4 is 0 Å². The first-order chi connectivity index (χ1) is 15.4. The fourth-order valence-corrected chi connectivity index (χ4v) is 5.82. The third-order valence-corrected chi connectivity index (χ3v) is 7.21. The number of carbonyl (C=O) groups is 3. The van der Waals surface area contributed by atoms with Crippen molar-refractivity contribution in [1.29, 1.82) is 0 Å². The number of aliphatic hydroxyl groups is 1. The summed E-state index contributed by atoms with van der Waals surface area (Å²) in [7, 11) is 0. The molecule has 0 aromatic heterocycles. The molecule has 172 valence electrons. The Balaban J connectivity index is 1.76. The minimum Gasteiger partial charge on any atom is -0.481 e. The molecule has 32 heavy (non-hydrogen) atoms. The molecule has 0 radical (unpaired) electrons. The van der Waals surface area contributed by atoms with E-state index in [1.165, 1.54) is 4.90 Å². The first-order valence-electron chi connectivity index (χ1n) is 11.2. The van der Waals surface area contributed by atoms with Crippen molar-refractivity contribution in [3.05, 3.63) is 48.6 Å². The second-order valence-electron chi connectivity index (χ2n) is 8.88. The first-order valence-corrected chi connectivity index (χ1v) is 11.2. The van der Waals surface area contributed by atoms with E-state index in [-0.39, 0.29) is 19.1 Å². The second kappa shape index (κ2) is 8.67. The number of likely N-dealkylation sites (tertiary alicyclic amines) is 1. The van der Waals surface area contributed by atoms with Gasteiger partial charge in [0, 0.05) is 13.1 Å². The van der Waals surface area contributed by atoms with Gasteiger partial charge in [-0.25, -0.2) is 0 Å². The Hall–Kier alpha value is -2.71. The molecule has 0 saturated carbocycles. The summed E-state index contributed by atoms with van der Waals surface area (Å²) >= 11 is 0. The zero-order valence-corrected chi connectivity index (χ0v) is 18.2. The van der Waals surface area contributed by atoms with Gasteiger partial charge in [0.05, 0.1) is 30.6 Å². The molecule has 8 heteroatoms. The minimum absolute atomic E-state index is 0.273. The van der Waals surface area contributed by atoms with Crippen molar-refractivity contribution in [3.8, 4) is 0 Å². The number of nitrogens with zero attached hydrogens (tertiary/aromatic N) is 2. The maximum atomic E-state index is 14.0. The molecule has 2 bridgehead atoms. The van der Waals surface area contributed by atoms with E-state index in [2.05, 4.69) is 6.58 Å². The van der Waals surface area contributed by atoms with Gasteiger partial charge in [-0.3, -0.25) is 14.4 Å². The van der Waals surface area contributed by atoms with Gasteiger partial charge in [0.2, 0.25) is 11.8 Å². The standard InChI is InChI=1S/C24H30N2O6/c1-3-12-25(13-15-8-6-5-7-9-15)22(29)20-24-11-10-17(32-24)18(23(30)31)19(24)21(28)26(20)16(4-2)14-27/h3,5-9,16-20,27H,1,4,10-14H2,2H3,(H,30,31)/t16-,17-,18+,19-,20?,24?/m0/s1. The lowest BCUT2D eigenvalue weighted by molar-refractivity contribution is -0.153. The lowest BCUT2D eigenvalue weighted by Crippen LogP contribution is -2.58. The van der Waals surface area contributed by atoms with E-state index in [1.54, 1.807) is 11.0 Å². The fraction of sp³-hybridized carbons (Fsp3) is 0.542. The topological polar surface area (TPSA) is 107 Å². The number of rotatable bonds is 9. The molecule has 1 spiro atoms. The van der Waals surface area contributed by atoms with Crippen LogP contribution in [0.3, 0.4) is 0 Å². The number of aliphatic hydroxyl groups excluding tert-OH is 1. The Morgan fingerprint density at radius 1 is 1.38 bits per heavy atom. The normalized spacial score (nSPS) is 31.4. The number of aliphatic carboxylic acids is 1. The van der Waals surface area contributed by atoms with Gasteiger partial charge in [0.1, 0.15) is 11.6 Å². The largest absolute Gasteiger partial charge is 0.481 e. The predicted molar refractivity (Wildman–Crippen MR) is 115 cm³/mol. The van der Waals surface area contributed by atoms with E-state index in [4.69, 9.17) is 4.74 Å². The predicted octanol–water partition coefficient (Wildman–Crippen LogP) is 1.43. The number of carbonyl (C=O) groups excluding carboxylic acids is 2. The lowest BCUT2D eigenvalue weighted by atomic mass is 9.70. The molecule has 3 aliphatic heterocycles. The van der Waals surface area contributed by atoms with Crippen molar-refractivity contribution in [1.82, 2.24) is 9.80 Å². The molecule has 3 saturated heterocycles. The van der Waals surface area contributed by atoms with Crippen LogP contribution >= 0.6 is 0 Å². The molecular formula is C24H30N2O6. The zero-order chi connectivity index (χ0) is 23.0. The van der Waals surface area contributed by atoms with Crippen molar-refractivity contribution < 1.29 is 29.3 Å². The van der Waals surface area contributed by atoms with E-state index in [9.17, 15) is 24.6 Å².